The molecule has 0 bridgehead atoms. The molecule has 0 aliphatic carbocycles. The van der Waals surface area contributed by atoms with Gasteiger partial charge in [-0.3, -0.25) is 0 Å². The van der Waals surface area contributed by atoms with Gasteiger partial charge in [-0.05, 0) is 25.0 Å². The van der Waals surface area contributed by atoms with E-state index in [2.05, 4.69) is 0 Å². The molecule has 1 aromatic rings. The third-order valence-electron chi connectivity index (χ3n) is 2.08. The van der Waals surface area contributed by atoms with Crippen molar-refractivity contribution >= 4 is 11.6 Å². The van der Waals surface area contributed by atoms with Gasteiger partial charge in [0.2, 0.25) is 0 Å². The van der Waals surface area contributed by atoms with Crippen LogP contribution in [0, 0.1) is 6.92 Å². The molecule has 78 valence electrons. The molecular formula is C10H14ClNO2. The van der Waals surface area contributed by atoms with Gasteiger partial charge in [0.1, 0.15) is 5.75 Å². The summed E-state index contributed by atoms with van der Waals surface area (Å²) in [6, 6.07) is 3.07. The maximum absolute atomic E-state index is 9.63. The van der Waals surface area contributed by atoms with Gasteiger partial charge in [-0.25, -0.2) is 0 Å². The molecule has 4 N–H and O–H groups in total. The molecule has 1 rings (SSSR count). The summed E-state index contributed by atoms with van der Waals surface area (Å²) in [5.74, 6) is 0.0122. The molecule has 0 fully saturated rings. The lowest BCUT2D eigenvalue weighted by molar-refractivity contribution is 0.275. The Morgan fingerprint density at radius 1 is 1.50 bits per heavy atom. The third-order valence-corrected chi connectivity index (χ3v) is 2.36. The van der Waals surface area contributed by atoms with E-state index in [1.165, 1.54) is 0 Å². The molecule has 0 heterocycles. The molecule has 14 heavy (non-hydrogen) atoms. The normalized spacial score (nSPS) is 12.9. The number of benzene rings is 1. The maximum Gasteiger partial charge on any atom is 0.138 e. The largest absolute Gasteiger partial charge is 0.506 e. The zero-order valence-corrected chi connectivity index (χ0v) is 8.75. The van der Waals surface area contributed by atoms with Gasteiger partial charge in [0.15, 0.2) is 0 Å². The number of aliphatic hydroxyl groups excluding tert-OH is 1. The minimum absolute atomic E-state index is 0.00777. The molecule has 1 aromatic carbocycles. The van der Waals surface area contributed by atoms with E-state index in [4.69, 9.17) is 22.4 Å². The predicted octanol–water partition coefficient (Wildman–Crippen LogP) is 1.74. The fraction of sp³-hybridized carbons (Fsp3) is 0.400. The van der Waals surface area contributed by atoms with Crippen molar-refractivity contribution in [3.8, 4) is 5.75 Å². The molecular weight excluding hydrogens is 202 g/mol. The summed E-state index contributed by atoms with van der Waals surface area (Å²) in [6.45, 7) is 1.87. The fourth-order valence-electron chi connectivity index (χ4n) is 1.34. The van der Waals surface area contributed by atoms with Crippen molar-refractivity contribution < 1.29 is 10.2 Å². The van der Waals surface area contributed by atoms with Crippen LogP contribution in [0.3, 0.4) is 0 Å². The summed E-state index contributed by atoms with van der Waals surface area (Å²) in [7, 11) is 0. The van der Waals surface area contributed by atoms with E-state index >= 15 is 0 Å². The van der Waals surface area contributed by atoms with Gasteiger partial charge in [0, 0.05) is 18.2 Å². The summed E-state index contributed by atoms with van der Waals surface area (Å²) in [4.78, 5) is 0. The van der Waals surface area contributed by atoms with Gasteiger partial charge in [-0.15, -0.1) is 0 Å². The number of aromatic hydroxyl groups is 1. The Morgan fingerprint density at radius 2 is 2.14 bits per heavy atom. The van der Waals surface area contributed by atoms with E-state index in [0.29, 0.717) is 17.0 Å². The first kappa shape index (κ1) is 11.3. The Morgan fingerprint density at radius 3 is 2.71 bits per heavy atom. The number of rotatable bonds is 3. The van der Waals surface area contributed by atoms with Crippen LogP contribution in [0.2, 0.25) is 5.02 Å². The van der Waals surface area contributed by atoms with Crippen molar-refractivity contribution in [2.75, 3.05) is 6.61 Å². The molecule has 3 nitrogen and oxygen atoms in total. The monoisotopic (exact) mass is 215 g/mol. The Kier molecular flexibility index (Phi) is 3.75. The van der Waals surface area contributed by atoms with E-state index < -0.39 is 0 Å². The van der Waals surface area contributed by atoms with Crippen LogP contribution >= 0.6 is 11.6 Å². The highest BCUT2D eigenvalue weighted by Crippen LogP contribution is 2.32. The molecule has 0 saturated heterocycles. The second kappa shape index (κ2) is 4.64. The van der Waals surface area contributed by atoms with Crippen molar-refractivity contribution in [2.24, 2.45) is 5.73 Å². The summed E-state index contributed by atoms with van der Waals surface area (Å²) in [6.07, 6.45) is 0.410. The quantitative estimate of drug-likeness (QED) is 0.720. The van der Waals surface area contributed by atoms with Crippen LogP contribution in [-0.4, -0.2) is 16.8 Å². The summed E-state index contributed by atoms with van der Waals surface area (Å²) in [5.41, 5.74) is 7.29. The van der Waals surface area contributed by atoms with Crippen LogP contribution in [0.1, 0.15) is 23.6 Å². The average Bonchev–Trinajstić information content (AvgIpc) is 2.11. The van der Waals surface area contributed by atoms with E-state index in [1.54, 1.807) is 12.1 Å². The first-order chi connectivity index (χ1) is 6.56. The van der Waals surface area contributed by atoms with Crippen LogP contribution < -0.4 is 5.73 Å². The van der Waals surface area contributed by atoms with Crippen LogP contribution in [-0.2, 0) is 0 Å². The van der Waals surface area contributed by atoms with E-state index in [-0.39, 0.29) is 18.4 Å². The highest BCUT2D eigenvalue weighted by Gasteiger charge is 2.13. The maximum atomic E-state index is 9.63. The van der Waals surface area contributed by atoms with Crippen LogP contribution in [0.5, 0.6) is 5.75 Å². The SMILES string of the molecule is Cc1cc(Cl)c(O)c([C@H](N)CCO)c1. The topological polar surface area (TPSA) is 66.5 Å². The Bertz CT molecular complexity index is 328. The molecule has 0 radical (unpaired) electrons. The first-order valence-electron chi connectivity index (χ1n) is 4.41. The van der Waals surface area contributed by atoms with E-state index in [9.17, 15) is 5.11 Å². The van der Waals surface area contributed by atoms with Crippen molar-refractivity contribution in [2.45, 2.75) is 19.4 Å². The Balaban J connectivity index is 3.07. The van der Waals surface area contributed by atoms with Gasteiger partial charge in [-0.1, -0.05) is 17.7 Å². The summed E-state index contributed by atoms with van der Waals surface area (Å²) in [5, 5.41) is 18.7. The minimum atomic E-state index is -0.377. The zero-order chi connectivity index (χ0) is 10.7. The second-order valence-corrected chi connectivity index (χ2v) is 3.71. The van der Waals surface area contributed by atoms with Crippen molar-refractivity contribution in [3.05, 3.63) is 28.3 Å². The molecule has 0 spiro atoms. The lowest BCUT2D eigenvalue weighted by atomic mass is 10.0. The molecule has 1 atom stereocenters. The first-order valence-corrected chi connectivity index (χ1v) is 4.79. The number of aliphatic hydroxyl groups is 1. The van der Waals surface area contributed by atoms with Crippen LogP contribution in [0.4, 0.5) is 0 Å². The molecule has 0 amide bonds. The smallest absolute Gasteiger partial charge is 0.138 e. The van der Waals surface area contributed by atoms with E-state index in [0.717, 1.165) is 5.56 Å². The number of halogens is 1. The highest BCUT2D eigenvalue weighted by molar-refractivity contribution is 6.32. The number of hydrogen-bond acceptors (Lipinski definition) is 3. The predicted molar refractivity (Wildman–Crippen MR) is 56.5 cm³/mol. The molecule has 0 aliphatic rings. The number of aryl methyl sites for hydroxylation is 1. The number of phenolic OH excluding ortho intramolecular Hbond substituents is 1. The molecule has 0 saturated carbocycles. The van der Waals surface area contributed by atoms with Crippen LogP contribution in [0.15, 0.2) is 12.1 Å². The summed E-state index contributed by atoms with van der Waals surface area (Å²) < 4.78 is 0. The minimum Gasteiger partial charge on any atom is -0.506 e. The van der Waals surface area contributed by atoms with Gasteiger partial charge in [0.25, 0.3) is 0 Å². The van der Waals surface area contributed by atoms with Crippen LogP contribution in [0.25, 0.3) is 0 Å². The average molecular weight is 216 g/mol. The van der Waals surface area contributed by atoms with Gasteiger partial charge < -0.3 is 15.9 Å². The number of phenols is 1. The molecule has 0 aromatic heterocycles. The standard InChI is InChI=1S/C10H14ClNO2/c1-6-4-7(9(12)2-3-13)10(14)8(11)5-6/h4-5,9,13-14H,2-3,12H2,1H3/t9-/m1/s1. The lowest BCUT2D eigenvalue weighted by Gasteiger charge is -2.14. The lowest BCUT2D eigenvalue weighted by Crippen LogP contribution is -2.12. The van der Waals surface area contributed by atoms with Gasteiger partial charge in [0.05, 0.1) is 5.02 Å². The fourth-order valence-corrected chi connectivity index (χ4v) is 1.62. The summed E-state index contributed by atoms with van der Waals surface area (Å²) >= 11 is 5.80. The highest BCUT2D eigenvalue weighted by atomic mass is 35.5. The molecule has 4 heteroatoms. The van der Waals surface area contributed by atoms with Gasteiger partial charge >= 0.3 is 0 Å². The van der Waals surface area contributed by atoms with Crippen molar-refractivity contribution in [3.63, 3.8) is 0 Å². The molecule has 0 aliphatic heterocycles. The second-order valence-electron chi connectivity index (χ2n) is 3.30. The third kappa shape index (κ3) is 2.38. The van der Waals surface area contributed by atoms with E-state index in [1.807, 2.05) is 6.92 Å². The Hall–Kier alpha value is -0.770. The molecule has 0 unspecified atom stereocenters. The zero-order valence-electron chi connectivity index (χ0n) is 8.00. The number of nitrogens with two attached hydrogens (primary N) is 1. The van der Waals surface area contributed by atoms with Crippen molar-refractivity contribution in [1.82, 2.24) is 0 Å². The van der Waals surface area contributed by atoms with Crippen molar-refractivity contribution in [1.29, 1.82) is 0 Å². The van der Waals surface area contributed by atoms with Gasteiger partial charge in [-0.2, -0.15) is 0 Å². The number of hydrogen-bond donors (Lipinski definition) is 3. The Labute approximate surface area is 88.1 Å².